The summed E-state index contributed by atoms with van der Waals surface area (Å²) >= 11 is 2.63. The van der Waals surface area contributed by atoms with Gasteiger partial charge in [-0.2, -0.15) is 5.26 Å². The molecule has 0 radical (unpaired) electrons. The molecule has 0 bridgehead atoms. The van der Waals surface area contributed by atoms with Gasteiger partial charge in [0.2, 0.25) is 5.75 Å². The summed E-state index contributed by atoms with van der Waals surface area (Å²) < 4.78 is 6.67. The number of nitrogens with zero attached hydrogens (tertiary/aromatic N) is 3. The van der Waals surface area contributed by atoms with Crippen molar-refractivity contribution in [3.05, 3.63) is 57.0 Å². The normalized spacial score (nSPS) is 11.3. The Morgan fingerprint density at radius 3 is 2.88 bits per heavy atom. The van der Waals surface area contributed by atoms with Gasteiger partial charge in [0, 0.05) is 6.07 Å². The number of phenols is 1. The molecule has 0 fully saturated rings. The number of para-hydroxylation sites is 1. The van der Waals surface area contributed by atoms with Gasteiger partial charge in [0.05, 0.1) is 27.2 Å². The van der Waals surface area contributed by atoms with Gasteiger partial charge in [-0.3, -0.25) is 10.1 Å². The Bertz CT molecular complexity index is 1040. The summed E-state index contributed by atoms with van der Waals surface area (Å²) in [5.41, 5.74) is 0.730. The topological polar surface area (TPSA) is 109 Å². The van der Waals surface area contributed by atoms with Crippen LogP contribution < -0.4 is 4.74 Å². The second-order valence-electron chi connectivity index (χ2n) is 5.02. The van der Waals surface area contributed by atoms with Crippen molar-refractivity contribution in [2.45, 2.75) is 4.34 Å². The summed E-state index contributed by atoms with van der Waals surface area (Å²) in [6.07, 6.45) is 1.49. The van der Waals surface area contributed by atoms with Gasteiger partial charge < -0.3 is 9.84 Å². The van der Waals surface area contributed by atoms with Crippen molar-refractivity contribution < 1.29 is 14.8 Å². The van der Waals surface area contributed by atoms with Crippen LogP contribution in [0.2, 0.25) is 0 Å². The summed E-state index contributed by atoms with van der Waals surface area (Å²) in [6, 6.07) is 12.3. The molecule has 3 aromatic rings. The van der Waals surface area contributed by atoms with Gasteiger partial charge >= 0.3 is 5.69 Å². The van der Waals surface area contributed by atoms with Crippen LogP contribution >= 0.6 is 23.1 Å². The van der Waals surface area contributed by atoms with E-state index in [-0.39, 0.29) is 5.75 Å². The summed E-state index contributed by atoms with van der Waals surface area (Å²) in [5.74, 6) is -0.584. The zero-order valence-corrected chi connectivity index (χ0v) is 15.0. The van der Waals surface area contributed by atoms with Gasteiger partial charge in [-0.25, -0.2) is 4.98 Å². The van der Waals surface area contributed by atoms with Gasteiger partial charge in [0.15, 0.2) is 10.1 Å². The molecule has 0 atom stereocenters. The third-order valence-electron chi connectivity index (χ3n) is 3.37. The van der Waals surface area contributed by atoms with Crippen LogP contribution in [0.4, 0.5) is 5.69 Å². The largest absolute Gasteiger partial charge is 0.500 e. The highest BCUT2D eigenvalue weighted by Crippen LogP contribution is 2.39. The van der Waals surface area contributed by atoms with Gasteiger partial charge in [-0.1, -0.05) is 12.1 Å². The number of nitro groups is 1. The van der Waals surface area contributed by atoms with Crippen molar-refractivity contribution in [2.24, 2.45) is 0 Å². The highest BCUT2D eigenvalue weighted by Gasteiger charge is 2.19. The average molecular weight is 385 g/mol. The van der Waals surface area contributed by atoms with E-state index < -0.39 is 16.4 Å². The number of phenolic OH excluding ortho intramolecular Hbond substituents is 1. The molecule has 7 nitrogen and oxygen atoms in total. The van der Waals surface area contributed by atoms with Crippen LogP contribution in [0.25, 0.3) is 16.3 Å². The third-order valence-corrected chi connectivity index (χ3v) is 5.40. The maximum atomic E-state index is 11.1. The van der Waals surface area contributed by atoms with Crippen molar-refractivity contribution in [3.63, 3.8) is 0 Å². The Balaban J connectivity index is 1.97. The molecule has 130 valence electrons. The fourth-order valence-electron chi connectivity index (χ4n) is 2.22. The van der Waals surface area contributed by atoms with Crippen molar-refractivity contribution in [1.29, 1.82) is 5.26 Å². The Labute approximate surface area is 156 Å². The van der Waals surface area contributed by atoms with Crippen LogP contribution in [0.1, 0.15) is 5.56 Å². The maximum Gasteiger partial charge on any atom is 0.315 e. The van der Waals surface area contributed by atoms with Crippen molar-refractivity contribution in [2.75, 3.05) is 7.11 Å². The van der Waals surface area contributed by atoms with Crippen LogP contribution in [0.15, 0.2) is 45.6 Å². The average Bonchev–Trinajstić information content (AvgIpc) is 3.04. The molecule has 1 N–H and O–H groups in total. The quantitative estimate of drug-likeness (QED) is 0.296. The van der Waals surface area contributed by atoms with Crippen molar-refractivity contribution in [3.8, 4) is 17.6 Å². The molecule has 1 heterocycles. The molecule has 2 aromatic carbocycles. The van der Waals surface area contributed by atoms with Crippen LogP contribution in [0.5, 0.6) is 11.5 Å². The van der Waals surface area contributed by atoms with Gasteiger partial charge in [-0.15, -0.1) is 11.3 Å². The van der Waals surface area contributed by atoms with E-state index in [0.29, 0.717) is 14.8 Å². The molecule has 0 amide bonds. The summed E-state index contributed by atoms with van der Waals surface area (Å²) in [4.78, 5) is 15.1. The van der Waals surface area contributed by atoms with E-state index in [0.717, 1.165) is 10.2 Å². The first-order valence-corrected chi connectivity index (χ1v) is 8.85. The predicted octanol–water partition coefficient (Wildman–Crippen LogP) is 4.58. The van der Waals surface area contributed by atoms with Gasteiger partial charge in [-0.05, 0) is 41.6 Å². The molecule has 9 heteroatoms. The number of fused-ring (bicyclic) bond motifs is 1. The maximum absolute atomic E-state index is 11.1. The number of aromatic nitrogens is 1. The van der Waals surface area contributed by atoms with Gasteiger partial charge in [0.25, 0.3) is 0 Å². The zero-order chi connectivity index (χ0) is 18.7. The summed E-state index contributed by atoms with van der Waals surface area (Å²) in [7, 11) is 1.30. The lowest BCUT2D eigenvalue weighted by atomic mass is 10.1. The molecule has 0 spiro atoms. The van der Waals surface area contributed by atoms with Crippen molar-refractivity contribution in [1.82, 2.24) is 4.98 Å². The number of benzene rings is 2. The number of allylic oxidation sites excluding steroid dienone is 1. The molecular formula is C17H11N3O4S2. The molecular weight excluding hydrogens is 374 g/mol. The van der Waals surface area contributed by atoms with Gasteiger partial charge in [0.1, 0.15) is 6.07 Å². The standard InChI is InChI=1S/C17H11N3O4S2/c1-24-14-8-10(7-13(16(14)21)20(22)23)6-11(9-18)25-17-19-12-4-2-3-5-15(12)26-17/h2-8,21H,1H3/b11-6+. The number of methoxy groups -OCH3 is 1. The molecule has 1 aromatic heterocycles. The minimum absolute atomic E-state index is 0.0345. The minimum Gasteiger partial charge on any atom is -0.500 e. The van der Waals surface area contributed by atoms with Crippen molar-refractivity contribution >= 4 is 45.1 Å². The van der Waals surface area contributed by atoms with E-state index in [2.05, 4.69) is 11.1 Å². The van der Waals surface area contributed by atoms with E-state index in [9.17, 15) is 20.5 Å². The summed E-state index contributed by atoms with van der Waals surface area (Å²) in [5, 5.41) is 30.3. The lowest BCUT2D eigenvalue weighted by Gasteiger charge is -2.05. The Morgan fingerprint density at radius 1 is 1.46 bits per heavy atom. The number of nitro benzene ring substituents is 1. The Hall–Kier alpha value is -3.09. The number of thiazole rings is 1. The number of thioether (sulfide) groups is 1. The summed E-state index contributed by atoms with van der Waals surface area (Å²) in [6.45, 7) is 0. The number of rotatable bonds is 5. The third kappa shape index (κ3) is 3.61. The molecule has 3 rings (SSSR count). The first kappa shape index (κ1) is 17.7. The second-order valence-corrected chi connectivity index (χ2v) is 7.34. The number of ether oxygens (including phenoxy) is 1. The second kappa shape index (κ2) is 7.43. The number of nitriles is 1. The van der Waals surface area contributed by atoms with E-state index in [1.807, 2.05) is 24.3 Å². The number of aromatic hydroxyl groups is 1. The minimum atomic E-state index is -0.706. The molecule has 0 saturated carbocycles. The first-order chi connectivity index (χ1) is 12.5. The lowest BCUT2D eigenvalue weighted by Crippen LogP contribution is -1.93. The lowest BCUT2D eigenvalue weighted by molar-refractivity contribution is -0.386. The monoisotopic (exact) mass is 385 g/mol. The molecule has 0 saturated heterocycles. The fraction of sp³-hybridized carbons (Fsp3) is 0.0588. The molecule has 0 aliphatic heterocycles. The number of hydrogen-bond acceptors (Lipinski definition) is 8. The van der Waals surface area contributed by atoms with Crippen LogP contribution in [-0.4, -0.2) is 22.1 Å². The molecule has 26 heavy (non-hydrogen) atoms. The predicted molar refractivity (Wildman–Crippen MR) is 100 cm³/mol. The number of hydrogen-bond donors (Lipinski definition) is 1. The smallest absolute Gasteiger partial charge is 0.315 e. The molecule has 0 aliphatic rings. The van der Waals surface area contributed by atoms with Crippen LogP contribution in [0.3, 0.4) is 0 Å². The Morgan fingerprint density at radius 2 is 2.23 bits per heavy atom. The van der Waals surface area contributed by atoms with E-state index in [1.165, 1.54) is 48.4 Å². The first-order valence-electron chi connectivity index (χ1n) is 7.22. The highest BCUT2D eigenvalue weighted by molar-refractivity contribution is 8.05. The van der Waals surface area contributed by atoms with E-state index in [4.69, 9.17) is 4.74 Å². The van der Waals surface area contributed by atoms with E-state index in [1.54, 1.807) is 0 Å². The van der Waals surface area contributed by atoms with Crippen LogP contribution in [0, 0.1) is 21.4 Å². The van der Waals surface area contributed by atoms with Crippen LogP contribution in [-0.2, 0) is 0 Å². The fourth-order valence-corrected chi connectivity index (χ4v) is 4.19. The molecule has 0 aliphatic carbocycles. The zero-order valence-electron chi connectivity index (χ0n) is 13.4. The Kier molecular flexibility index (Phi) is 5.06. The van der Waals surface area contributed by atoms with E-state index >= 15 is 0 Å². The highest BCUT2D eigenvalue weighted by atomic mass is 32.2. The SMILES string of the molecule is COc1cc(/C=C(\C#N)Sc2nc3ccccc3s2)cc([N+](=O)[O-])c1O. The molecule has 0 unspecified atom stereocenters.